The number of hydrogen-bond acceptors (Lipinski definition) is 4. The van der Waals surface area contributed by atoms with Gasteiger partial charge in [0.05, 0.1) is 6.04 Å². The van der Waals surface area contributed by atoms with Gasteiger partial charge in [0, 0.05) is 54.3 Å². The van der Waals surface area contributed by atoms with Crippen LogP contribution in [0.1, 0.15) is 34.5 Å². The minimum atomic E-state index is -0.411. The third-order valence-corrected chi connectivity index (χ3v) is 6.02. The van der Waals surface area contributed by atoms with Crippen molar-refractivity contribution in [3.63, 3.8) is 0 Å². The fourth-order valence-corrected chi connectivity index (χ4v) is 4.22. The van der Waals surface area contributed by atoms with Gasteiger partial charge in [0.15, 0.2) is 0 Å². The molecule has 0 bridgehead atoms. The highest BCUT2D eigenvalue weighted by atomic mass is 19.1. The molecule has 162 valence electrons. The summed E-state index contributed by atoms with van der Waals surface area (Å²) in [6.07, 6.45) is 0. The molecule has 0 aromatic heterocycles. The van der Waals surface area contributed by atoms with Gasteiger partial charge in [0.2, 0.25) is 5.91 Å². The molecule has 31 heavy (non-hydrogen) atoms. The number of halogens is 1. The van der Waals surface area contributed by atoms with Crippen LogP contribution in [0.3, 0.4) is 0 Å². The second-order valence-corrected chi connectivity index (χ2v) is 8.17. The van der Waals surface area contributed by atoms with Crippen molar-refractivity contribution in [1.29, 1.82) is 0 Å². The van der Waals surface area contributed by atoms with Crippen LogP contribution in [0.5, 0.6) is 0 Å². The lowest BCUT2D eigenvalue weighted by atomic mass is 10.0. The van der Waals surface area contributed by atoms with E-state index < -0.39 is 6.04 Å². The van der Waals surface area contributed by atoms with Crippen molar-refractivity contribution >= 4 is 23.2 Å². The molecule has 1 atom stereocenters. The number of fused-ring (bicyclic) bond motifs is 1. The van der Waals surface area contributed by atoms with Gasteiger partial charge in [-0.15, -0.1) is 0 Å². The molecule has 2 aliphatic heterocycles. The number of hydrogen-bond donors (Lipinski definition) is 1. The molecule has 2 heterocycles. The van der Waals surface area contributed by atoms with Gasteiger partial charge in [-0.2, -0.15) is 0 Å². The van der Waals surface area contributed by atoms with Crippen molar-refractivity contribution in [3.05, 3.63) is 71.6 Å². The van der Waals surface area contributed by atoms with Crippen LogP contribution in [-0.4, -0.2) is 61.4 Å². The van der Waals surface area contributed by atoms with Crippen LogP contribution in [0.2, 0.25) is 0 Å². The van der Waals surface area contributed by atoms with Gasteiger partial charge in [-0.1, -0.05) is 24.8 Å². The number of rotatable bonds is 5. The fraction of sp³-hybridized carbons (Fsp3) is 0.333. The maximum Gasteiger partial charge on any atom is 0.259 e. The number of likely N-dealkylation sites (N-methyl/N-ethyl adjacent to an activating group) is 1. The van der Waals surface area contributed by atoms with E-state index in [0.29, 0.717) is 11.3 Å². The Labute approximate surface area is 181 Å². The molecule has 2 amide bonds. The summed E-state index contributed by atoms with van der Waals surface area (Å²) in [5, 5.41) is 2.93. The predicted octanol–water partition coefficient (Wildman–Crippen LogP) is 2.88. The lowest BCUT2D eigenvalue weighted by Crippen LogP contribution is -2.45. The van der Waals surface area contributed by atoms with E-state index >= 15 is 0 Å². The van der Waals surface area contributed by atoms with E-state index in [4.69, 9.17) is 0 Å². The van der Waals surface area contributed by atoms with Crippen LogP contribution in [0.25, 0.3) is 5.70 Å². The van der Waals surface area contributed by atoms with E-state index in [0.717, 1.165) is 43.0 Å². The predicted molar refractivity (Wildman–Crippen MR) is 119 cm³/mol. The molecule has 1 fully saturated rings. The second-order valence-electron chi connectivity index (χ2n) is 8.17. The zero-order valence-corrected chi connectivity index (χ0v) is 17.9. The number of amides is 2. The lowest BCUT2D eigenvalue weighted by Gasteiger charge is -2.36. The zero-order chi connectivity index (χ0) is 22.1. The summed E-state index contributed by atoms with van der Waals surface area (Å²) in [5.41, 5.74) is 3.48. The number of carbonyl (C=O) groups excluding carboxylic acids is 2. The number of piperazine rings is 1. The first-order valence-corrected chi connectivity index (χ1v) is 10.5. The van der Waals surface area contributed by atoms with Crippen LogP contribution < -0.4 is 10.2 Å². The highest BCUT2D eigenvalue weighted by molar-refractivity contribution is 6.10. The van der Waals surface area contributed by atoms with Gasteiger partial charge in [-0.25, -0.2) is 4.39 Å². The van der Waals surface area contributed by atoms with Crippen molar-refractivity contribution in [2.75, 3.05) is 44.7 Å². The Hall–Kier alpha value is -3.19. The molecular weight excluding hydrogens is 395 g/mol. The normalized spacial score (nSPS) is 17.6. The van der Waals surface area contributed by atoms with Gasteiger partial charge in [-0.3, -0.25) is 14.5 Å². The van der Waals surface area contributed by atoms with E-state index in [1.54, 1.807) is 18.2 Å². The highest BCUT2D eigenvalue weighted by Gasteiger charge is 2.32. The molecule has 0 aliphatic carbocycles. The van der Waals surface area contributed by atoms with Crippen LogP contribution in [0, 0.1) is 5.82 Å². The molecule has 7 heteroatoms. The first kappa shape index (κ1) is 21.1. The Morgan fingerprint density at radius 1 is 1.13 bits per heavy atom. The van der Waals surface area contributed by atoms with Crippen LogP contribution in [0.15, 0.2) is 49.0 Å². The molecule has 0 saturated carbocycles. The molecule has 0 radical (unpaired) electrons. The van der Waals surface area contributed by atoms with Crippen LogP contribution >= 0.6 is 0 Å². The third kappa shape index (κ3) is 4.18. The minimum Gasteiger partial charge on any atom is -0.369 e. The fourth-order valence-electron chi connectivity index (χ4n) is 4.22. The van der Waals surface area contributed by atoms with Crippen LogP contribution in [-0.2, 0) is 4.79 Å². The summed E-state index contributed by atoms with van der Waals surface area (Å²) in [6, 6.07) is 11.5. The summed E-state index contributed by atoms with van der Waals surface area (Å²) in [4.78, 5) is 31.3. The monoisotopic (exact) mass is 422 g/mol. The standard InChI is InChI=1S/C24H27FN4O2/c1-16(21-14-18(25)8-9-22(21)28-12-10-27(3)11-13-28)26-23(30)15-29-17(2)19-6-4-5-7-20(19)24(29)31/h4-9,14,16H,2,10-13,15H2,1,3H3,(H,26,30). The number of nitrogens with zero attached hydrogens (tertiary/aromatic N) is 3. The Morgan fingerprint density at radius 3 is 2.48 bits per heavy atom. The molecule has 2 aliphatic rings. The maximum absolute atomic E-state index is 14.1. The molecule has 1 N–H and O–H groups in total. The number of benzene rings is 2. The second kappa shape index (κ2) is 8.51. The molecule has 2 aromatic rings. The molecule has 2 aromatic carbocycles. The average Bonchev–Trinajstić information content (AvgIpc) is 2.99. The van der Waals surface area contributed by atoms with E-state index in [1.807, 2.05) is 19.1 Å². The van der Waals surface area contributed by atoms with Crippen molar-refractivity contribution < 1.29 is 14.0 Å². The molecular formula is C24H27FN4O2. The summed E-state index contributed by atoms with van der Waals surface area (Å²) < 4.78 is 14.1. The summed E-state index contributed by atoms with van der Waals surface area (Å²) in [6.45, 7) is 9.22. The van der Waals surface area contributed by atoms with E-state index in [-0.39, 0.29) is 24.2 Å². The van der Waals surface area contributed by atoms with Crippen molar-refractivity contribution in [1.82, 2.24) is 15.1 Å². The van der Waals surface area contributed by atoms with Crippen LogP contribution in [0.4, 0.5) is 10.1 Å². The summed E-state index contributed by atoms with van der Waals surface area (Å²) in [7, 11) is 2.08. The number of nitrogens with one attached hydrogen (secondary N) is 1. The molecule has 4 rings (SSSR count). The van der Waals surface area contributed by atoms with Gasteiger partial charge in [0.25, 0.3) is 5.91 Å². The molecule has 0 spiro atoms. The summed E-state index contributed by atoms with van der Waals surface area (Å²) in [5.74, 6) is -0.886. The topological polar surface area (TPSA) is 55.9 Å². The number of carbonyl (C=O) groups is 2. The van der Waals surface area contributed by atoms with Gasteiger partial charge in [-0.05, 0) is 38.2 Å². The largest absolute Gasteiger partial charge is 0.369 e. The maximum atomic E-state index is 14.1. The molecule has 6 nitrogen and oxygen atoms in total. The third-order valence-electron chi connectivity index (χ3n) is 6.02. The first-order chi connectivity index (χ1) is 14.8. The van der Waals surface area contributed by atoms with Gasteiger partial charge < -0.3 is 15.1 Å². The average molecular weight is 423 g/mol. The highest BCUT2D eigenvalue weighted by Crippen LogP contribution is 2.31. The van der Waals surface area contributed by atoms with E-state index in [1.165, 1.54) is 17.0 Å². The van der Waals surface area contributed by atoms with Crippen molar-refractivity contribution in [2.24, 2.45) is 0 Å². The molecule has 1 saturated heterocycles. The lowest BCUT2D eigenvalue weighted by molar-refractivity contribution is -0.121. The SMILES string of the molecule is C=C1c2ccccc2C(=O)N1CC(=O)NC(C)c1cc(F)ccc1N1CCN(C)CC1. The smallest absolute Gasteiger partial charge is 0.259 e. The van der Waals surface area contributed by atoms with Crippen molar-refractivity contribution in [2.45, 2.75) is 13.0 Å². The Kier molecular flexibility index (Phi) is 5.78. The summed E-state index contributed by atoms with van der Waals surface area (Å²) >= 11 is 0. The Morgan fingerprint density at radius 2 is 1.81 bits per heavy atom. The number of anilines is 1. The van der Waals surface area contributed by atoms with E-state index in [9.17, 15) is 14.0 Å². The molecule has 1 unspecified atom stereocenters. The first-order valence-electron chi connectivity index (χ1n) is 10.5. The quantitative estimate of drug-likeness (QED) is 0.805. The minimum absolute atomic E-state index is 0.129. The Bertz CT molecular complexity index is 995. The zero-order valence-electron chi connectivity index (χ0n) is 17.9. The van der Waals surface area contributed by atoms with Gasteiger partial charge >= 0.3 is 0 Å². The van der Waals surface area contributed by atoms with Gasteiger partial charge in [0.1, 0.15) is 12.4 Å². The van der Waals surface area contributed by atoms with E-state index in [2.05, 4.69) is 28.7 Å². The Balaban J connectivity index is 1.47. The van der Waals surface area contributed by atoms with Crippen molar-refractivity contribution in [3.8, 4) is 0 Å².